The smallest absolute Gasteiger partial charge is 0.306 e. The van der Waals surface area contributed by atoms with Crippen molar-refractivity contribution in [2.24, 2.45) is 0 Å². The Morgan fingerprint density at radius 1 is 0.338 bits per heavy atom. The number of hydrogen-bond acceptors (Lipinski definition) is 6. The quantitative estimate of drug-likeness (QED) is 0.0199. The number of allylic oxidation sites excluding steroid dienone is 14. The fourth-order valence-electron chi connectivity index (χ4n) is 7.36. The maximum atomic E-state index is 12.8. The van der Waals surface area contributed by atoms with Gasteiger partial charge < -0.3 is 14.2 Å². The lowest BCUT2D eigenvalue weighted by molar-refractivity contribution is -0.166. The standard InChI is InChI=1S/C59H100O6/c1-4-7-10-13-16-19-22-25-27-29-30-31-33-34-37-40-43-46-49-52-58(61)64-55-56(54-63-57(60)51-48-45-42-39-36-24-21-18-15-12-9-6-3)65-59(62)53-50-47-44-41-38-35-32-28-26-23-20-17-14-11-8-5-2/h8,11,16-17,19-20,22,25-26,28,35,38,44,47,56H,4-7,9-10,12-15,18,21,23-24,27,29-34,36-37,39-43,45-46,48-55H2,1-3H3/b11-8-,19-16-,20-17-,25-22-,28-26-,38-35-,47-44-. The molecule has 6 heteroatoms. The average molecular weight is 905 g/mol. The largest absolute Gasteiger partial charge is 0.462 e. The fourth-order valence-corrected chi connectivity index (χ4v) is 7.36. The first-order chi connectivity index (χ1) is 32.0. The summed E-state index contributed by atoms with van der Waals surface area (Å²) in [6.07, 6.45) is 68.6. The number of hydrogen-bond donors (Lipinski definition) is 0. The first-order valence-corrected chi connectivity index (χ1v) is 27.1. The molecule has 0 N–H and O–H groups in total. The number of rotatable bonds is 48. The highest BCUT2D eigenvalue weighted by Crippen LogP contribution is 2.15. The highest BCUT2D eigenvalue weighted by molar-refractivity contribution is 5.71. The Hall–Kier alpha value is -3.41. The average Bonchev–Trinajstić information content (AvgIpc) is 3.30. The molecule has 0 aliphatic heterocycles. The Morgan fingerprint density at radius 2 is 0.677 bits per heavy atom. The zero-order chi connectivity index (χ0) is 47.2. The zero-order valence-corrected chi connectivity index (χ0v) is 42.5. The zero-order valence-electron chi connectivity index (χ0n) is 42.5. The SMILES string of the molecule is CC/C=C\C/C=C\C/C=C\C/C=C\C/C=C\CCC(=O)OC(COC(=O)CCCCCCCCCCCC/C=C\C=C/CCCCC)COC(=O)CCCCCCCCCCCCCC. The summed E-state index contributed by atoms with van der Waals surface area (Å²) < 4.78 is 16.7. The highest BCUT2D eigenvalue weighted by Gasteiger charge is 2.19. The molecule has 0 aromatic rings. The van der Waals surface area contributed by atoms with Crippen LogP contribution in [0.2, 0.25) is 0 Å². The molecule has 65 heavy (non-hydrogen) atoms. The van der Waals surface area contributed by atoms with Gasteiger partial charge in [-0.15, -0.1) is 0 Å². The van der Waals surface area contributed by atoms with E-state index in [-0.39, 0.29) is 31.6 Å². The Bertz CT molecular complexity index is 1270. The maximum Gasteiger partial charge on any atom is 0.306 e. The van der Waals surface area contributed by atoms with Crippen LogP contribution in [0.4, 0.5) is 0 Å². The molecule has 0 amide bonds. The lowest BCUT2D eigenvalue weighted by Crippen LogP contribution is -2.30. The number of carbonyl (C=O) groups is 3. The van der Waals surface area contributed by atoms with Crippen LogP contribution < -0.4 is 0 Å². The van der Waals surface area contributed by atoms with Crippen molar-refractivity contribution in [1.82, 2.24) is 0 Å². The Morgan fingerprint density at radius 3 is 1.09 bits per heavy atom. The second-order valence-electron chi connectivity index (χ2n) is 17.8. The molecular formula is C59H100O6. The van der Waals surface area contributed by atoms with Crippen molar-refractivity contribution in [2.75, 3.05) is 13.2 Å². The first kappa shape index (κ1) is 61.6. The molecule has 1 unspecified atom stereocenters. The van der Waals surface area contributed by atoms with Gasteiger partial charge in [0.05, 0.1) is 0 Å². The number of esters is 3. The van der Waals surface area contributed by atoms with E-state index >= 15 is 0 Å². The van der Waals surface area contributed by atoms with Crippen LogP contribution in [-0.4, -0.2) is 37.2 Å². The molecule has 0 saturated heterocycles. The molecule has 0 aliphatic carbocycles. The maximum absolute atomic E-state index is 12.8. The van der Waals surface area contributed by atoms with Crippen molar-refractivity contribution in [3.05, 3.63) is 85.1 Å². The van der Waals surface area contributed by atoms with E-state index in [9.17, 15) is 14.4 Å². The van der Waals surface area contributed by atoms with Gasteiger partial charge in [0, 0.05) is 19.3 Å². The van der Waals surface area contributed by atoms with E-state index in [1.807, 2.05) is 12.2 Å². The molecule has 372 valence electrons. The third-order valence-electron chi connectivity index (χ3n) is 11.4. The van der Waals surface area contributed by atoms with Crippen molar-refractivity contribution in [1.29, 1.82) is 0 Å². The van der Waals surface area contributed by atoms with Crippen molar-refractivity contribution in [3.63, 3.8) is 0 Å². The fraction of sp³-hybridized carbons (Fsp3) is 0.712. The third-order valence-corrected chi connectivity index (χ3v) is 11.4. The van der Waals surface area contributed by atoms with Crippen LogP contribution >= 0.6 is 0 Å². The van der Waals surface area contributed by atoms with Crippen molar-refractivity contribution < 1.29 is 28.6 Å². The summed E-state index contributed by atoms with van der Waals surface area (Å²) in [7, 11) is 0. The predicted octanol–water partition coefficient (Wildman–Crippen LogP) is 18.0. The van der Waals surface area contributed by atoms with Crippen molar-refractivity contribution in [3.8, 4) is 0 Å². The summed E-state index contributed by atoms with van der Waals surface area (Å²) in [6.45, 7) is 6.43. The molecule has 0 heterocycles. The monoisotopic (exact) mass is 905 g/mol. The minimum absolute atomic E-state index is 0.105. The van der Waals surface area contributed by atoms with Crippen LogP contribution in [0.15, 0.2) is 85.1 Å². The molecule has 0 aromatic heterocycles. The van der Waals surface area contributed by atoms with Crippen molar-refractivity contribution in [2.45, 2.75) is 258 Å². The van der Waals surface area contributed by atoms with E-state index in [0.29, 0.717) is 19.3 Å². The lowest BCUT2D eigenvalue weighted by Gasteiger charge is -2.18. The molecule has 6 nitrogen and oxygen atoms in total. The summed E-state index contributed by atoms with van der Waals surface area (Å²) in [4.78, 5) is 38.0. The highest BCUT2D eigenvalue weighted by atomic mass is 16.6. The molecule has 0 spiro atoms. The minimum atomic E-state index is -0.815. The second-order valence-corrected chi connectivity index (χ2v) is 17.8. The Balaban J connectivity index is 4.45. The van der Waals surface area contributed by atoms with Gasteiger partial charge in [-0.05, 0) is 77.0 Å². The van der Waals surface area contributed by atoms with Gasteiger partial charge in [0.25, 0.3) is 0 Å². The van der Waals surface area contributed by atoms with E-state index in [1.54, 1.807) is 0 Å². The van der Waals surface area contributed by atoms with E-state index in [0.717, 1.165) is 70.6 Å². The van der Waals surface area contributed by atoms with Crippen LogP contribution in [-0.2, 0) is 28.6 Å². The molecule has 0 aliphatic rings. The minimum Gasteiger partial charge on any atom is -0.462 e. The van der Waals surface area contributed by atoms with Gasteiger partial charge in [-0.2, -0.15) is 0 Å². The van der Waals surface area contributed by atoms with Crippen LogP contribution in [0.25, 0.3) is 0 Å². The van der Waals surface area contributed by atoms with E-state index in [4.69, 9.17) is 14.2 Å². The van der Waals surface area contributed by atoms with Gasteiger partial charge in [0.15, 0.2) is 6.10 Å². The van der Waals surface area contributed by atoms with Gasteiger partial charge in [-0.3, -0.25) is 14.4 Å². The Kier molecular flexibility index (Phi) is 50.4. The summed E-state index contributed by atoms with van der Waals surface area (Å²) in [6, 6.07) is 0. The lowest BCUT2D eigenvalue weighted by atomic mass is 10.0. The summed E-state index contributed by atoms with van der Waals surface area (Å²) >= 11 is 0. The first-order valence-electron chi connectivity index (χ1n) is 27.1. The molecule has 0 bridgehead atoms. The van der Waals surface area contributed by atoms with E-state index < -0.39 is 12.1 Å². The number of unbranched alkanes of at least 4 members (excludes halogenated alkanes) is 24. The predicted molar refractivity (Wildman–Crippen MR) is 279 cm³/mol. The van der Waals surface area contributed by atoms with Gasteiger partial charge in [-0.1, -0.05) is 241 Å². The normalized spacial score (nSPS) is 12.7. The molecule has 0 rings (SSSR count). The van der Waals surface area contributed by atoms with Crippen LogP contribution in [0.1, 0.15) is 252 Å². The van der Waals surface area contributed by atoms with Crippen LogP contribution in [0.5, 0.6) is 0 Å². The Labute approximate surface area is 401 Å². The summed E-state index contributed by atoms with van der Waals surface area (Å²) in [5.41, 5.74) is 0. The molecule has 0 radical (unpaired) electrons. The van der Waals surface area contributed by atoms with E-state index in [2.05, 4.69) is 93.7 Å². The van der Waals surface area contributed by atoms with Crippen LogP contribution in [0, 0.1) is 0 Å². The van der Waals surface area contributed by atoms with Gasteiger partial charge >= 0.3 is 17.9 Å². The molecule has 0 aromatic carbocycles. The number of carbonyl (C=O) groups excluding carboxylic acids is 3. The topological polar surface area (TPSA) is 78.9 Å². The third kappa shape index (κ3) is 51.4. The van der Waals surface area contributed by atoms with Gasteiger partial charge in [0.2, 0.25) is 0 Å². The van der Waals surface area contributed by atoms with Gasteiger partial charge in [-0.25, -0.2) is 0 Å². The molecule has 0 fully saturated rings. The van der Waals surface area contributed by atoms with Gasteiger partial charge in [0.1, 0.15) is 13.2 Å². The van der Waals surface area contributed by atoms with E-state index in [1.165, 1.54) is 135 Å². The molecular weight excluding hydrogens is 805 g/mol. The number of ether oxygens (including phenoxy) is 3. The summed E-state index contributed by atoms with van der Waals surface area (Å²) in [5.74, 6) is -0.990. The molecule has 0 saturated carbocycles. The van der Waals surface area contributed by atoms with Crippen LogP contribution in [0.3, 0.4) is 0 Å². The molecule has 1 atom stereocenters. The van der Waals surface area contributed by atoms with Crippen molar-refractivity contribution >= 4 is 17.9 Å². The summed E-state index contributed by atoms with van der Waals surface area (Å²) in [5, 5.41) is 0. The second kappa shape index (κ2) is 53.2.